The molecular weight excluding hydrogens is 288 g/mol. The predicted molar refractivity (Wildman–Crippen MR) is 87.8 cm³/mol. The van der Waals surface area contributed by atoms with Crippen LogP contribution in [-0.2, 0) is 0 Å². The number of hydrogen-bond donors (Lipinski definition) is 3. The summed E-state index contributed by atoms with van der Waals surface area (Å²) in [5.74, 6) is 3.41. The third-order valence-electron chi connectivity index (χ3n) is 8.45. The van der Waals surface area contributed by atoms with E-state index in [-0.39, 0.29) is 18.1 Å². The number of hydrogen-bond acceptors (Lipinski definition) is 2. The van der Waals surface area contributed by atoms with Gasteiger partial charge < -0.3 is 15.7 Å². The third kappa shape index (κ3) is 2.09. The molecule has 5 saturated carbocycles. The van der Waals surface area contributed by atoms with Gasteiger partial charge in [0.25, 0.3) is 0 Å². The van der Waals surface area contributed by atoms with Gasteiger partial charge in [-0.25, -0.2) is 4.79 Å². The van der Waals surface area contributed by atoms with Crippen LogP contribution in [0.5, 0.6) is 0 Å². The average molecular weight is 318 g/mol. The van der Waals surface area contributed by atoms with Gasteiger partial charge in [-0.15, -0.1) is 0 Å². The summed E-state index contributed by atoms with van der Waals surface area (Å²) in [4.78, 5) is 12.4. The highest BCUT2D eigenvalue weighted by atomic mass is 16.3. The zero-order valence-electron chi connectivity index (χ0n) is 14.0. The normalized spacial score (nSPS) is 48.1. The van der Waals surface area contributed by atoms with Crippen LogP contribution in [0.2, 0.25) is 0 Å². The molecule has 3 bridgehead atoms. The first-order valence-electron chi connectivity index (χ1n) is 9.78. The Morgan fingerprint density at radius 3 is 2.52 bits per heavy atom. The molecule has 2 amide bonds. The third-order valence-corrected chi connectivity index (χ3v) is 8.45. The molecule has 5 aliphatic rings. The first kappa shape index (κ1) is 14.6. The van der Waals surface area contributed by atoms with Crippen molar-refractivity contribution in [3.8, 4) is 0 Å². The van der Waals surface area contributed by atoms with E-state index in [1.807, 2.05) is 0 Å². The lowest BCUT2D eigenvalue weighted by molar-refractivity contribution is 0.120. The van der Waals surface area contributed by atoms with E-state index in [2.05, 4.69) is 10.6 Å². The molecule has 0 heterocycles. The van der Waals surface area contributed by atoms with Crippen LogP contribution in [0.3, 0.4) is 0 Å². The molecule has 0 aromatic carbocycles. The van der Waals surface area contributed by atoms with Crippen LogP contribution < -0.4 is 10.6 Å². The summed E-state index contributed by atoms with van der Waals surface area (Å²) in [5, 5.41) is 16.2. The van der Waals surface area contributed by atoms with E-state index in [1.165, 1.54) is 51.4 Å². The second kappa shape index (κ2) is 4.87. The quantitative estimate of drug-likeness (QED) is 0.746. The van der Waals surface area contributed by atoms with Crippen LogP contribution in [0.15, 0.2) is 0 Å². The van der Waals surface area contributed by atoms with E-state index < -0.39 is 0 Å². The topological polar surface area (TPSA) is 61.4 Å². The minimum atomic E-state index is -0.00730. The summed E-state index contributed by atoms with van der Waals surface area (Å²) >= 11 is 0. The zero-order chi connectivity index (χ0) is 15.7. The molecule has 0 aromatic heterocycles. The first-order chi connectivity index (χ1) is 11.1. The molecule has 5 rings (SSSR count). The standard InChI is InChI=1S/C19H30N2O2/c22-11-19(9-18(19)2-1-3-18)10-20-17(23)21-16-8-13-4-12-5-14(6-13)15(16)7-12/h12-16,22H,1-11H2,(H2,20,21,23). The van der Waals surface area contributed by atoms with Gasteiger partial charge in [0, 0.05) is 18.0 Å². The van der Waals surface area contributed by atoms with Gasteiger partial charge in [0.2, 0.25) is 0 Å². The number of fused-ring (bicyclic) bond motifs is 2. The Bertz CT molecular complexity index is 515. The number of carbonyl (C=O) groups excluding carboxylic acids is 1. The minimum absolute atomic E-state index is 0.00730. The van der Waals surface area contributed by atoms with Crippen molar-refractivity contribution in [2.24, 2.45) is 34.5 Å². The monoisotopic (exact) mass is 318 g/mol. The molecule has 128 valence electrons. The van der Waals surface area contributed by atoms with Gasteiger partial charge in [-0.2, -0.15) is 0 Å². The fourth-order valence-electron chi connectivity index (χ4n) is 7.03. The SMILES string of the molecule is O=C(NCC1(CO)CC12CCC2)NC1CC2CC3CC(C2)C1C3. The lowest BCUT2D eigenvalue weighted by Gasteiger charge is -2.39. The van der Waals surface area contributed by atoms with Gasteiger partial charge in [0.15, 0.2) is 0 Å². The Morgan fingerprint density at radius 1 is 1.09 bits per heavy atom. The average Bonchev–Trinajstić information content (AvgIpc) is 3.13. The van der Waals surface area contributed by atoms with Crippen molar-refractivity contribution in [1.82, 2.24) is 10.6 Å². The number of urea groups is 1. The number of aliphatic hydroxyl groups is 1. The van der Waals surface area contributed by atoms with E-state index in [9.17, 15) is 9.90 Å². The maximum atomic E-state index is 12.4. The summed E-state index contributed by atoms with van der Waals surface area (Å²) < 4.78 is 0. The van der Waals surface area contributed by atoms with Crippen molar-refractivity contribution in [3.05, 3.63) is 0 Å². The smallest absolute Gasteiger partial charge is 0.315 e. The fraction of sp³-hybridized carbons (Fsp3) is 0.947. The molecule has 5 aliphatic carbocycles. The lowest BCUT2D eigenvalue weighted by atomic mass is 9.70. The van der Waals surface area contributed by atoms with Crippen LogP contribution in [0.25, 0.3) is 0 Å². The van der Waals surface area contributed by atoms with Crippen molar-refractivity contribution in [2.75, 3.05) is 13.2 Å². The summed E-state index contributed by atoms with van der Waals surface area (Å²) in [5.41, 5.74) is 0.365. The molecule has 0 aliphatic heterocycles. The van der Waals surface area contributed by atoms with Crippen molar-refractivity contribution in [1.29, 1.82) is 0 Å². The zero-order valence-corrected chi connectivity index (χ0v) is 14.0. The Hall–Kier alpha value is -0.770. The van der Waals surface area contributed by atoms with Gasteiger partial charge in [0.1, 0.15) is 0 Å². The predicted octanol–water partition coefficient (Wildman–Crippen LogP) is 2.66. The Balaban J connectivity index is 1.17. The van der Waals surface area contributed by atoms with E-state index in [4.69, 9.17) is 0 Å². The molecule has 5 fully saturated rings. The second-order valence-electron chi connectivity index (χ2n) is 9.52. The van der Waals surface area contributed by atoms with E-state index in [0.29, 0.717) is 18.0 Å². The van der Waals surface area contributed by atoms with Crippen molar-refractivity contribution < 1.29 is 9.90 Å². The Morgan fingerprint density at radius 2 is 1.87 bits per heavy atom. The maximum Gasteiger partial charge on any atom is 0.315 e. The van der Waals surface area contributed by atoms with Gasteiger partial charge in [-0.05, 0) is 80.5 Å². The molecule has 0 aromatic rings. The van der Waals surface area contributed by atoms with Gasteiger partial charge in [-0.3, -0.25) is 0 Å². The molecule has 4 heteroatoms. The van der Waals surface area contributed by atoms with Crippen molar-refractivity contribution in [2.45, 2.75) is 63.8 Å². The summed E-state index contributed by atoms with van der Waals surface area (Å²) in [6, 6.07) is 0.405. The largest absolute Gasteiger partial charge is 0.396 e. The number of nitrogens with one attached hydrogen (secondary N) is 2. The molecule has 4 nitrogen and oxygen atoms in total. The van der Waals surface area contributed by atoms with Gasteiger partial charge >= 0.3 is 6.03 Å². The van der Waals surface area contributed by atoms with Crippen LogP contribution in [0.1, 0.15) is 57.8 Å². The molecule has 6 atom stereocenters. The molecule has 6 unspecified atom stereocenters. The highest BCUT2D eigenvalue weighted by Crippen LogP contribution is 2.73. The number of rotatable bonds is 4. The number of aliphatic hydroxyl groups excluding tert-OH is 1. The molecule has 3 N–H and O–H groups in total. The Kier molecular flexibility index (Phi) is 3.08. The van der Waals surface area contributed by atoms with Gasteiger partial charge in [-0.1, -0.05) is 6.42 Å². The highest BCUT2D eigenvalue weighted by molar-refractivity contribution is 5.74. The Labute approximate surface area is 138 Å². The summed E-state index contributed by atoms with van der Waals surface area (Å²) in [6.45, 7) is 0.882. The maximum absolute atomic E-state index is 12.4. The van der Waals surface area contributed by atoms with Crippen LogP contribution in [0.4, 0.5) is 4.79 Å². The van der Waals surface area contributed by atoms with Crippen LogP contribution in [-0.4, -0.2) is 30.3 Å². The molecule has 0 radical (unpaired) electrons. The first-order valence-corrected chi connectivity index (χ1v) is 9.78. The van der Waals surface area contributed by atoms with E-state index >= 15 is 0 Å². The summed E-state index contributed by atoms with van der Waals surface area (Å²) in [6.07, 6.45) is 11.7. The van der Waals surface area contributed by atoms with Crippen molar-refractivity contribution >= 4 is 6.03 Å². The number of amides is 2. The second-order valence-corrected chi connectivity index (χ2v) is 9.52. The summed E-state index contributed by atoms with van der Waals surface area (Å²) in [7, 11) is 0. The number of carbonyl (C=O) groups is 1. The lowest BCUT2D eigenvalue weighted by Crippen LogP contribution is -2.50. The van der Waals surface area contributed by atoms with E-state index in [0.717, 1.165) is 30.1 Å². The molecule has 23 heavy (non-hydrogen) atoms. The van der Waals surface area contributed by atoms with Gasteiger partial charge in [0.05, 0.1) is 6.61 Å². The highest BCUT2D eigenvalue weighted by Gasteiger charge is 2.68. The van der Waals surface area contributed by atoms with E-state index in [1.54, 1.807) is 0 Å². The van der Waals surface area contributed by atoms with Crippen LogP contribution in [0, 0.1) is 34.5 Å². The molecule has 1 spiro atoms. The van der Waals surface area contributed by atoms with Crippen molar-refractivity contribution in [3.63, 3.8) is 0 Å². The van der Waals surface area contributed by atoms with Crippen LogP contribution >= 0.6 is 0 Å². The fourth-order valence-corrected chi connectivity index (χ4v) is 7.03. The molecular formula is C19H30N2O2. The molecule has 0 saturated heterocycles. The minimum Gasteiger partial charge on any atom is -0.396 e.